The Balaban J connectivity index is 2.62. The monoisotopic (exact) mass is 197 g/mol. The Labute approximate surface area is 78.4 Å². The number of aldehydes is 1. The lowest BCUT2D eigenvalue weighted by Gasteiger charge is -2.15. The Morgan fingerprint density at radius 2 is 2.38 bits per heavy atom. The standard InChI is InChI=1S/C8H7NO3S/c1-9-6-4(7(11)8(9)12)3-13-5(6)2-10/h2-3,8,12H,1H3. The van der Waals surface area contributed by atoms with Gasteiger partial charge in [-0.3, -0.25) is 9.59 Å². The highest BCUT2D eigenvalue weighted by Crippen LogP contribution is 2.36. The van der Waals surface area contributed by atoms with Crippen molar-refractivity contribution in [3.8, 4) is 0 Å². The molecule has 2 rings (SSSR count). The van der Waals surface area contributed by atoms with E-state index in [-0.39, 0.29) is 5.78 Å². The number of aliphatic hydroxyl groups excluding tert-OH is 1. The normalized spacial score (nSPS) is 20.6. The summed E-state index contributed by atoms with van der Waals surface area (Å²) in [6, 6.07) is 0. The maximum atomic E-state index is 11.3. The number of nitrogens with zero attached hydrogens (tertiary/aromatic N) is 1. The third-order valence-electron chi connectivity index (χ3n) is 2.12. The SMILES string of the molecule is CN1c2c(csc2C=O)C(=O)C1O. The highest BCUT2D eigenvalue weighted by Gasteiger charge is 2.36. The highest BCUT2D eigenvalue weighted by atomic mass is 32.1. The molecule has 0 spiro atoms. The van der Waals surface area contributed by atoms with Crippen LogP contribution in [0.1, 0.15) is 20.0 Å². The first-order chi connectivity index (χ1) is 6.16. The van der Waals surface area contributed by atoms with Crippen LogP contribution in [0.5, 0.6) is 0 Å². The Kier molecular flexibility index (Phi) is 1.71. The van der Waals surface area contributed by atoms with Crippen LogP contribution in [0.4, 0.5) is 5.69 Å². The zero-order chi connectivity index (χ0) is 9.59. The minimum atomic E-state index is -1.13. The molecule has 5 heteroatoms. The molecule has 1 atom stereocenters. The van der Waals surface area contributed by atoms with Crippen LogP contribution in [0.2, 0.25) is 0 Å². The molecule has 1 aromatic rings. The molecule has 1 aliphatic rings. The number of carbonyl (C=O) groups is 2. The molecule has 1 N–H and O–H groups in total. The second-order valence-electron chi connectivity index (χ2n) is 2.83. The molecule has 4 nitrogen and oxygen atoms in total. The van der Waals surface area contributed by atoms with Gasteiger partial charge in [0.25, 0.3) is 0 Å². The van der Waals surface area contributed by atoms with E-state index in [1.54, 1.807) is 12.4 Å². The van der Waals surface area contributed by atoms with Crippen molar-refractivity contribution in [3.63, 3.8) is 0 Å². The molecule has 1 aromatic heterocycles. The van der Waals surface area contributed by atoms with E-state index < -0.39 is 6.23 Å². The number of carbonyl (C=O) groups excluding carboxylic acids is 2. The van der Waals surface area contributed by atoms with Gasteiger partial charge in [-0.1, -0.05) is 0 Å². The lowest BCUT2D eigenvalue weighted by atomic mass is 10.2. The summed E-state index contributed by atoms with van der Waals surface area (Å²) in [5, 5.41) is 11.0. The average molecular weight is 197 g/mol. The van der Waals surface area contributed by atoms with Crippen LogP contribution >= 0.6 is 11.3 Å². The minimum Gasteiger partial charge on any atom is -0.367 e. The van der Waals surface area contributed by atoms with Crippen LogP contribution in [0.25, 0.3) is 0 Å². The lowest BCUT2D eigenvalue weighted by molar-refractivity contribution is 0.0778. The van der Waals surface area contributed by atoms with E-state index in [0.29, 0.717) is 22.4 Å². The molecule has 0 saturated heterocycles. The van der Waals surface area contributed by atoms with Crippen LogP contribution in [0, 0.1) is 0 Å². The number of likely N-dealkylation sites (N-methyl/N-ethyl adjacent to an activating group) is 1. The van der Waals surface area contributed by atoms with E-state index in [0.717, 1.165) is 0 Å². The molecule has 0 aromatic carbocycles. The quantitative estimate of drug-likeness (QED) is 0.666. The largest absolute Gasteiger partial charge is 0.367 e. The van der Waals surface area contributed by atoms with E-state index in [4.69, 9.17) is 0 Å². The predicted molar refractivity (Wildman–Crippen MR) is 48.4 cm³/mol. The summed E-state index contributed by atoms with van der Waals surface area (Å²) in [4.78, 5) is 23.8. The Hall–Kier alpha value is -1.20. The number of ketones is 1. The molecule has 1 unspecified atom stereocenters. The molecule has 0 fully saturated rings. The van der Waals surface area contributed by atoms with Gasteiger partial charge < -0.3 is 10.0 Å². The first kappa shape index (κ1) is 8.40. The summed E-state index contributed by atoms with van der Waals surface area (Å²) in [5.41, 5.74) is 1.000. The van der Waals surface area contributed by atoms with E-state index in [1.807, 2.05) is 0 Å². The molecule has 2 heterocycles. The third kappa shape index (κ3) is 0.942. The molecule has 1 aliphatic heterocycles. The third-order valence-corrected chi connectivity index (χ3v) is 3.02. The second-order valence-corrected chi connectivity index (χ2v) is 3.74. The topological polar surface area (TPSA) is 57.6 Å². The van der Waals surface area contributed by atoms with Gasteiger partial charge in [0.05, 0.1) is 16.1 Å². The van der Waals surface area contributed by atoms with Crippen LogP contribution in [-0.4, -0.2) is 30.5 Å². The molecular weight excluding hydrogens is 190 g/mol. The number of anilines is 1. The number of thiophene rings is 1. The number of hydrogen-bond donors (Lipinski definition) is 1. The molecule has 0 amide bonds. The van der Waals surface area contributed by atoms with Gasteiger partial charge in [0, 0.05) is 12.4 Å². The Morgan fingerprint density at radius 1 is 1.69 bits per heavy atom. The molecule has 0 bridgehead atoms. The Morgan fingerprint density at radius 3 is 3.00 bits per heavy atom. The van der Waals surface area contributed by atoms with E-state index >= 15 is 0 Å². The van der Waals surface area contributed by atoms with Crippen molar-refractivity contribution in [2.24, 2.45) is 0 Å². The molecule has 68 valence electrons. The number of Topliss-reactive ketones (excluding diaryl/α,β-unsaturated/α-hetero) is 1. The fourth-order valence-corrected chi connectivity index (χ4v) is 2.32. The first-order valence-corrected chi connectivity index (χ1v) is 4.56. The average Bonchev–Trinajstić information content (AvgIpc) is 2.64. The van der Waals surface area contributed by atoms with Crippen LogP contribution in [0.3, 0.4) is 0 Å². The van der Waals surface area contributed by atoms with Gasteiger partial charge in [0.1, 0.15) is 0 Å². The van der Waals surface area contributed by atoms with E-state index in [9.17, 15) is 14.7 Å². The van der Waals surface area contributed by atoms with Gasteiger partial charge in [0.2, 0.25) is 5.78 Å². The van der Waals surface area contributed by atoms with E-state index in [1.165, 1.54) is 16.2 Å². The van der Waals surface area contributed by atoms with Crippen LogP contribution < -0.4 is 4.90 Å². The molecule has 0 radical (unpaired) electrons. The smallest absolute Gasteiger partial charge is 0.214 e. The zero-order valence-electron chi connectivity index (χ0n) is 6.85. The number of aliphatic hydroxyl groups is 1. The first-order valence-electron chi connectivity index (χ1n) is 3.68. The fourth-order valence-electron chi connectivity index (χ4n) is 1.43. The fraction of sp³-hybridized carbons (Fsp3) is 0.250. The van der Waals surface area contributed by atoms with Gasteiger partial charge in [-0.05, 0) is 0 Å². The summed E-state index contributed by atoms with van der Waals surface area (Å²) in [7, 11) is 1.59. The summed E-state index contributed by atoms with van der Waals surface area (Å²) >= 11 is 1.22. The van der Waals surface area contributed by atoms with Crippen molar-refractivity contribution in [2.75, 3.05) is 11.9 Å². The molecule has 13 heavy (non-hydrogen) atoms. The van der Waals surface area contributed by atoms with Crippen molar-refractivity contribution in [1.82, 2.24) is 0 Å². The van der Waals surface area contributed by atoms with Gasteiger partial charge in [-0.25, -0.2) is 0 Å². The van der Waals surface area contributed by atoms with Crippen molar-refractivity contribution in [2.45, 2.75) is 6.23 Å². The molecule has 0 saturated carbocycles. The van der Waals surface area contributed by atoms with Gasteiger partial charge in [-0.15, -0.1) is 11.3 Å². The summed E-state index contributed by atoms with van der Waals surface area (Å²) in [6.07, 6.45) is -0.428. The molecule has 0 aliphatic carbocycles. The maximum absolute atomic E-state index is 11.3. The maximum Gasteiger partial charge on any atom is 0.214 e. The highest BCUT2D eigenvalue weighted by molar-refractivity contribution is 7.12. The van der Waals surface area contributed by atoms with Crippen molar-refractivity contribution < 1.29 is 14.7 Å². The Bertz CT molecular complexity index is 385. The van der Waals surface area contributed by atoms with Gasteiger partial charge in [-0.2, -0.15) is 0 Å². The van der Waals surface area contributed by atoms with E-state index in [2.05, 4.69) is 0 Å². The lowest BCUT2D eigenvalue weighted by Crippen LogP contribution is -2.31. The molecular formula is C8H7NO3S. The predicted octanol–water partition coefficient (Wildman–Crippen LogP) is 0.512. The van der Waals surface area contributed by atoms with Crippen LogP contribution in [0.15, 0.2) is 5.38 Å². The van der Waals surface area contributed by atoms with Crippen molar-refractivity contribution in [3.05, 3.63) is 15.8 Å². The summed E-state index contributed by atoms with van der Waals surface area (Å²) < 4.78 is 0. The second kappa shape index (κ2) is 2.65. The number of hydrogen-bond acceptors (Lipinski definition) is 5. The number of rotatable bonds is 1. The van der Waals surface area contributed by atoms with Crippen molar-refractivity contribution in [1.29, 1.82) is 0 Å². The summed E-state index contributed by atoms with van der Waals surface area (Å²) in [6.45, 7) is 0. The van der Waals surface area contributed by atoms with Crippen molar-refractivity contribution >= 4 is 29.1 Å². The number of fused-ring (bicyclic) bond motifs is 1. The van der Waals surface area contributed by atoms with Gasteiger partial charge >= 0.3 is 0 Å². The minimum absolute atomic E-state index is 0.332. The summed E-state index contributed by atoms with van der Waals surface area (Å²) in [5.74, 6) is -0.332. The van der Waals surface area contributed by atoms with Gasteiger partial charge in [0.15, 0.2) is 12.5 Å². The zero-order valence-corrected chi connectivity index (χ0v) is 7.67. The van der Waals surface area contributed by atoms with Crippen LogP contribution in [-0.2, 0) is 0 Å².